The summed E-state index contributed by atoms with van der Waals surface area (Å²) >= 11 is 0. The van der Waals surface area contributed by atoms with E-state index in [9.17, 15) is 0 Å². The minimum atomic E-state index is 0.648. The van der Waals surface area contributed by atoms with E-state index in [-0.39, 0.29) is 0 Å². The molecule has 0 aliphatic heterocycles. The van der Waals surface area contributed by atoms with E-state index in [1.54, 1.807) is 0 Å². The zero-order valence-electron chi connectivity index (χ0n) is 28.0. The third kappa shape index (κ3) is 4.34. The minimum Gasteiger partial charge on any atom is -0.455 e. The molecule has 4 heteroatoms. The van der Waals surface area contributed by atoms with Crippen LogP contribution in [-0.4, -0.2) is 14.5 Å². The van der Waals surface area contributed by atoms with Crippen molar-refractivity contribution in [1.29, 1.82) is 0 Å². The van der Waals surface area contributed by atoms with Gasteiger partial charge in [-0.1, -0.05) is 146 Å². The van der Waals surface area contributed by atoms with Crippen LogP contribution in [0.25, 0.3) is 105 Å². The van der Waals surface area contributed by atoms with Crippen molar-refractivity contribution >= 4 is 65.4 Å². The lowest BCUT2D eigenvalue weighted by molar-refractivity contribution is 0.670. The van der Waals surface area contributed by atoms with Gasteiger partial charge in [-0.2, -0.15) is 0 Å². The maximum absolute atomic E-state index is 6.46. The van der Waals surface area contributed by atoms with Crippen LogP contribution in [0.3, 0.4) is 0 Å². The third-order valence-corrected chi connectivity index (χ3v) is 10.4. The van der Waals surface area contributed by atoms with E-state index >= 15 is 0 Å². The Morgan fingerprint density at radius 2 is 1.10 bits per heavy atom. The Hall–Kier alpha value is -7.04. The SMILES string of the molecule is c1ccc(-c2ccc(-c3nc(-n4c5ccccc5c5c6cc(-c7cccc8c7oc7ccccc78)ccc6ccc54)nc4ccccc34)cc2)cc1. The summed E-state index contributed by atoms with van der Waals surface area (Å²) in [5.41, 5.74) is 11.4. The fourth-order valence-electron chi connectivity index (χ4n) is 7.98. The first-order valence-electron chi connectivity index (χ1n) is 17.6. The largest absolute Gasteiger partial charge is 0.455 e. The average Bonchev–Trinajstić information content (AvgIpc) is 3.77. The van der Waals surface area contributed by atoms with Crippen LogP contribution in [0.4, 0.5) is 0 Å². The molecule has 3 aromatic heterocycles. The monoisotopic (exact) mass is 663 g/mol. The molecule has 11 rings (SSSR count). The highest BCUT2D eigenvalue weighted by atomic mass is 16.3. The Morgan fingerprint density at radius 3 is 1.98 bits per heavy atom. The maximum atomic E-state index is 6.46. The number of rotatable bonds is 4. The van der Waals surface area contributed by atoms with E-state index < -0.39 is 0 Å². The Labute approximate surface area is 298 Å². The second kappa shape index (κ2) is 11.2. The number of benzene rings is 8. The highest BCUT2D eigenvalue weighted by Gasteiger charge is 2.20. The number of fused-ring (bicyclic) bond motifs is 9. The molecule has 11 aromatic rings. The Bertz CT molecular complexity index is 3170. The minimum absolute atomic E-state index is 0.648. The van der Waals surface area contributed by atoms with Gasteiger partial charge in [-0.3, -0.25) is 4.57 Å². The molecule has 8 aromatic carbocycles. The molecule has 4 nitrogen and oxygen atoms in total. The van der Waals surface area contributed by atoms with Crippen molar-refractivity contribution in [2.45, 2.75) is 0 Å². The van der Waals surface area contributed by atoms with E-state index in [0.717, 1.165) is 71.6 Å². The van der Waals surface area contributed by atoms with Crippen molar-refractivity contribution in [2.24, 2.45) is 0 Å². The van der Waals surface area contributed by atoms with Gasteiger partial charge in [0, 0.05) is 38.1 Å². The van der Waals surface area contributed by atoms with Crippen molar-refractivity contribution in [2.75, 3.05) is 0 Å². The van der Waals surface area contributed by atoms with E-state index in [1.807, 2.05) is 24.3 Å². The summed E-state index contributed by atoms with van der Waals surface area (Å²) in [6.07, 6.45) is 0. The molecule has 0 saturated carbocycles. The molecule has 52 heavy (non-hydrogen) atoms. The molecule has 0 bridgehead atoms. The van der Waals surface area contributed by atoms with Crippen molar-refractivity contribution in [3.63, 3.8) is 0 Å². The number of nitrogens with zero attached hydrogens (tertiary/aromatic N) is 3. The highest BCUT2D eigenvalue weighted by molar-refractivity contribution is 6.22. The Kier molecular flexibility index (Phi) is 6.22. The normalized spacial score (nSPS) is 11.8. The molecule has 3 heterocycles. The van der Waals surface area contributed by atoms with Gasteiger partial charge in [0.25, 0.3) is 0 Å². The molecule has 0 N–H and O–H groups in total. The lowest BCUT2D eigenvalue weighted by Gasteiger charge is -2.12. The number of para-hydroxylation sites is 4. The molecule has 0 spiro atoms. The predicted octanol–water partition coefficient (Wildman–Crippen LogP) is 12.8. The van der Waals surface area contributed by atoms with Gasteiger partial charge in [-0.15, -0.1) is 0 Å². The van der Waals surface area contributed by atoms with Gasteiger partial charge in [-0.25, -0.2) is 9.97 Å². The molecule has 0 aliphatic rings. The Morgan fingerprint density at radius 1 is 0.423 bits per heavy atom. The lowest BCUT2D eigenvalue weighted by Crippen LogP contribution is -2.03. The van der Waals surface area contributed by atoms with Crippen molar-refractivity contribution < 1.29 is 4.42 Å². The lowest BCUT2D eigenvalue weighted by atomic mass is 9.97. The first kappa shape index (κ1) is 28.8. The van der Waals surface area contributed by atoms with E-state index in [0.29, 0.717) is 5.95 Å². The predicted molar refractivity (Wildman–Crippen MR) is 215 cm³/mol. The van der Waals surface area contributed by atoms with Crippen LogP contribution in [0.2, 0.25) is 0 Å². The summed E-state index contributed by atoms with van der Waals surface area (Å²) in [6, 6.07) is 61.9. The summed E-state index contributed by atoms with van der Waals surface area (Å²) in [6.45, 7) is 0. The van der Waals surface area contributed by atoms with Crippen molar-refractivity contribution in [3.8, 4) is 39.5 Å². The molecule has 0 aliphatic carbocycles. The van der Waals surface area contributed by atoms with Gasteiger partial charge in [0.1, 0.15) is 11.2 Å². The molecular formula is C48H29N3O. The fourth-order valence-corrected chi connectivity index (χ4v) is 7.98. The molecular weight excluding hydrogens is 635 g/mol. The smallest absolute Gasteiger partial charge is 0.235 e. The van der Waals surface area contributed by atoms with Crippen LogP contribution >= 0.6 is 0 Å². The first-order chi connectivity index (χ1) is 25.8. The van der Waals surface area contributed by atoms with Crippen LogP contribution in [-0.2, 0) is 0 Å². The number of hydrogen-bond donors (Lipinski definition) is 0. The van der Waals surface area contributed by atoms with Gasteiger partial charge in [0.05, 0.1) is 22.2 Å². The molecule has 0 saturated heterocycles. The maximum Gasteiger partial charge on any atom is 0.235 e. The van der Waals surface area contributed by atoms with E-state index in [4.69, 9.17) is 14.4 Å². The summed E-state index contributed by atoms with van der Waals surface area (Å²) in [5, 5.41) is 7.97. The molecule has 242 valence electrons. The van der Waals surface area contributed by atoms with Crippen LogP contribution in [0, 0.1) is 0 Å². The molecule has 0 unspecified atom stereocenters. The summed E-state index contributed by atoms with van der Waals surface area (Å²) in [4.78, 5) is 10.6. The van der Waals surface area contributed by atoms with Crippen molar-refractivity contribution in [1.82, 2.24) is 14.5 Å². The van der Waals surface area contributed by atoms with Gasteiger partial charge >= 0.3 is 0 Å². The second-order valence-corrected chi connectivity index (χ2v) is 13.4. The second-order valence-electron chi connectivity index (χ2n) is 13.4. The van der Waals surface area contributed by atoms with Gasteiger partial charge in [0.2, 0.25) is 5.95 Å². The quantitative estimate of drug-likeness (QED) is 0.188. The topological polar surface area (TPSA) is 43.9 Å². The molecule has 0 atom stereocenters. The standard InChI is InChI=1S/C48H29N3O/c1-2-11-30(12-3-1)31-21-24-33(25-22-31)46-38-14-4-7-18-41(38)49-48(50-46)51-42-19-8-5-15-39(42)45-40-29-34(26-23-32(40)27-28-43(45)51)35-16-10-17-37-36-13-6-9-20-44(36)52-47(35)37/h1-29H. The van der Waals surface area contributed by atoms with Crippen LogP contribution in [0.15, 0.2) is 180 Å². The molecule has 0 fully saturated rings. The first-order valence-corrected chi connectivity index (χ1v) is 17.6. The third-order valence-electron chi connectivity index (χ3n) is 10.4. The van der Waals surface area contributed by atoms with Crippen LogP contribution < -0.4 is 0 Å². The summed E-state index contributed by atoms with van der Waals surface area (Å²) in [7, 11) is 0. The average molecular weight is 664 g/mol. The zero-order valence-corrected chi connectivity index (χ0v) is 28.0. The zero-order chi connectivity index (χ0) is 34.2. The van der Waals surface area contributed by atoms with Gasteiger partial charge in [0.15, 0.2) is 0 Å². The summed E-state index contributed by atoms with van der Waals surface area (Å²) < 4.78 is 8.69. The fraction of sp³-hybridized carbons (Fsp3) is 0. The van der Waals surface area contributed by atoms with Gasteiger partial charge < -0.3 is 4.42 Å². The number of furan rings is 1. The van der Waals surface area contributed by atoms with Crippen LogP contribution in [0.1, 0.15) is 0 Å². The van der Waals surface area contributed by atoms with Crippen molar-refractivity contribution in [3.05, 3.63) is 176 Å². The summed E-state index contributed by atoms with van der Waals surface area (Å²) in [5.74, 6) is 0.648. The molecule has 0 amide bonds. The number of hydrogen-bond acceptors (Lipinski definition) is 3. The van der Waals surface area contributed by atoms with E-state index in [2.05, 4.69) is 156 Å². The molecule has 0 radical (unpaired) electrons. The van der Waals surface area contributed by atoms with Gasteiger partial charge in [-0.05, 0) is 57.8 Å². The Balaban J connectivity index is 1.14. The number of aromatic nitrogens is 3. The highest BCUT2D eigenvalue weighted by Crippen LogP contribution is 2.41. The van der Waals surface area contributed by atoms with E-state index in [1.165, 1.54) is 27.3 Å². The van der Waals surface area contributed by atoms with Crippen LogP contribution in [0.5, 0.6) is 0 Å².